The first-order chi connectivity index (χ1) is 13.2. The summed E-state index contributed by atoms with van der Waals surface area (Å²) in [6.07, 6.45) is 2.64. The van der Waals surface area contributed by atoms with Crippen LogP contribution in [-0.2, 0) is 4.74 Å². The second-order valence-electron chi connectivity index (χ2n) is 7.66. The molecular formula is C21H23ClN4O2. The maximum absolute atomic E-state index is 12.5. The molecular weight excluding hydrogens is 376 g/mol. The van der Waals surface area contributed by atoms with Crippen molar-refractivity contribution >= 4 is 23.5 Å². The first-order valence-electron chi connectivity index (χ1n) is 9.20. The van der Waals surface area contributed by atoms with E-state index < -0.39 is 11.7 Å². The lowest BCUT2D eigenvalue weighted by atomic mass is 9.86. The largest absolute Gasteiger partial charge is 0.442 e. The lowest BCUT2D eigenvalue weighted by Crippen LogP contribution is -2.27. The molecule has 2 heterocycles. The number of rotatable bonds is 3. The number of hydrogen-bond acceptors (Lipinski definition) is 4. The zero-order chi connectivity index (χ0) is 20.5. The molecule has 0 saturated carbocycles. The van der Waals surface area contributed by atoms with Crippen molar-refractivity contribution in [1.29, 1.82) is 0 Å². The lowest BCUT2D eigenvalue weighted by Gasteiger charge is -2.26. The summed E-state index contributed by atoms with van der Waals surface area (Å²) in [6.45, 7) is 15.2. The Hall–Kier alpha value is -2.78. The van der Waals surface area contributed by atoms with Crippen molar-refractivity contribution in [3.05, 3.63) is 69.4 Å². The minimum absolute atomic E-state index is 0.389. The normalized spacial score (nSPS) is 16.2. The smallest absolute Gasteiger partial charge is 0.435 e. The number of nitrogens with zero attached hydrogens (tertiary/aromatic N) is 3. The van der Waals surface area contributed by atoms with Crippen LogP contribution in [-0.4, -0.2) is 21.5 Å². The number of carbonyl (C=O) groups excluding carboxylic acids is 1. The van der Waals surface area contributed by atoms with Crippen LogP contribution in [0.4, 0.5) is 10.6 Å². The number of fused-ring (bicyclic) bond motifs is 1. The number of aromatic nitrogens is 2. The molecule has 1 aromatic carbocycles. The van der Waals surface area contributed by atoms with Crippen LogP contribution in [0.1, 0.15) is 57.6 Å². The summed E-state index contributed by atoms with van der Waals surface area (Å²) in [4.78, 5) is 16.3. The van der Waals surface area contributed by atoms with Crippen molar-refractivity contribution in [2.24, 2.45) is 0 Å². The third kappa shape index (κ3) is 3.90. The van der Waals surface area contributed by atoms with Crippen molar-refractivity contribution in [2.75, 3.05) is 5.32 Å². The maximum Gasteiger partial charge on any atom is 0.435 e. The van der Waals surface area contributed by atoms with E-state index in [0.717, 1.165) is 23.2 Å². The van der Waals surface area contributed by atoms with Gasteiger partial charge in [0.2, 0.25) is 0 Å². The zero-order valence-corrected chi connectivity index (χ0v) is 17.2. The Morgan fingerprint density at radius 3 is 2.68 bits per heavy atom. The van der Waals surface area contributed by atoms with Gasteiger partial charge in [0, 0.05) is 22.5 Å². The molecule has 1 aliphatic rings. The van der Waals surface area contributed by atoms with E-state index in [2.05, 4.69) is 22.2 Å². The Morgan fingerprint density at radius 2 is 2.07 bits per heavy atom. The molecule has 0 fully saturated rings. The van der Waals surface area contributed by atoms with Crippen LogP contribution in [0.2, 0.25) is 5.02 Å². The molecule has 0 saturated heterocycles. The molecule has 7 heteroatoms. The van der Waals surface area contributed by atoms with E-state index >= 15 is 0 Å². The van der Waals surface area contributed by atoms with E-state index in [4.69, 9.17) is 22.9 Å². The van der Waals surface area contributed by atoms with Crippen molar-refractivity contribution in [1.82, 2.24) is 9.78 Å². The van der Waals surface area contributed by atoms with Gasteiger partial charge in [-0.05, 0) is 38.8 Å². The number of anilines is 1. The van der Waals surface area contributed by atoms with Crippen molar-refractivity contribution in [2.45, 2.75) is 52.1 Å². The Bertz CT molecular complexity index is 979. The molecule has 0 amide bonds. The lowest BCUT2D eigenvalue weighted by molar-refractivity contribution is 0.0515. The monoisotopic (exact) mass is 398 g/mol. The second kappa shape index (κ2) is 7.69. The predicted octanol–water partition coefficient (Wildman–Crippen LogP) is 5.81. The number of ether oxygens (including phenoxy) is 1. The molecule has 0 aliphatic carbocycles. The summed E-state index contributed by atoms with van der Waals surface area (Å²) in [6, 6.07) is 7.45. The average Bonchev–Trinajstić information content (AvgIpc) is 3.04. The van der Waals surface area contributed by atoms with Crippen molar-refractivity contribution in [3.63, 3.8) is 0 Å². The summed E-state index contributed by atoms with van der Waals surface area (Å²) in [7, 11) is 0. The number of nitrogens with one attached hydrogen (secondary N) is 1. The summed E-state index contributed by atoms with van der Waals surface area (Å²) in [5.74, 6) is 0.159. The number of hydrogen-bond donors (Lipinski definition) is 1. The van der Waals surface area contributed by atoms with Gasteiger partial charge in [-0.25, -0.2) is 9.64 Å². The first-order valence-corrected chi connectivity index (χ1v) is 9.57. The Kier molecular flexibility index (Phi) is 5.48. The van der Waals surface area contributed by atoms with Crippen molar-refractivity contribution in [3.8, 4) is 0 Å². The van der Waals surface area contributed by atoms with Crippen LogP contribution < -0.4 is 5.32 Å². The highest BCUT2D eigenvalue weighted by molar-refractivity contribution is 6.31. The van der Waals surface area contributed by atoms with Gasteiger partial charge in [-0.3, -0.25) is 0 Å². The highest BCUT2D eigenvalue weighted by atomic mass is 35.5. The Balaban J connectivity index is 2.13. The fourth-order valence-electron chi connectivity index (χ4n) is 3.22. The molecule has 3 rings (SSSR count). The van der Waals surface area contributed by atoms with Gasteiger partial charge in [0.25, 0.3) is 0 Å². The van der Waals surface area contributed by atoms with Crippen LogP contribution >= 0.6 is 11.6 Å². The predicted molar refractivity (Wildman–Crippen MR) is 109 cm³/mol. The summed E-state index contributed by atoms with van der Waals surface area (Å²) < 4.78 is 6.61. The topological polar surface area (TPSA) is 60.5 Å². The van der Waals surface area contributed by atoms with Crippen LogP contribution in [0.15, 0.2) is 41.9 Å². The van der Waals surface area contributed by atoms with E-state index in [-0.39, 0.29) is 5.92 Å². The second-order valence-corrected chi connectivity index (χ2v) is 8.07. The number of benzene rings is 1. The molecule has 1 atom stereocenters. The van der Waals surface area contributed by atoms with Gasteiger partial charge >= 0.3 is 6.09 Å². The number of carbonyl (C=O) groups is 1. The molecule has 6 nitrogen and oxygen atoms in total. The van der Waals surface area contributed by atoms with E-state index in [1.54, 1.807) is 33.0 Å². The molecule has 2 aromatic rings. The molecule has 28 heavy (non-hydrogen) atoms. The minimum Gasteiger partial charge on any atom is -0.442 e. The van der Waals surface area contributed by atoms with E-state index in [0.29, 0.717) is 23.0 Å². The van der Waals surface area contributed by atoms with Gasteiger partial charge in [0.1, 0.15) is 5.60 Å². The molecule has 1 N–H and O–H groups in total. The van der Waals surface area contributed by atoms with Crippen molar-refractivity contribution < 1.29 is 9.53 Å². The first kappa shape index (κ1) is 20.0. The van der Waals surface area contributed by atoms with Crippen LogP contribution in [0.25, 0.3) is 4.85 Å². The highest BCUT2D eigenvalue weighted by Crippen LogP contribution is 2.44. The van der Waals surface area contributed by atoms with E-state index in [9.17, 15) is 4.79 Å². The maximum atomic E-state index is 12.5. The van der Waals surface area contributed by atoms with Gasteiger partial charge in [0.05, 0.1) is 12.5 Å². The minimum atomic E-state index is -0.633. The standard InChI is InChI=1S/C21H23ClN4O2/c1-6-9-16-18(23-5)17(13-10-7-8-11-15(13)22)14-12-26(25-19(14)24-16)20(27)28-21(2,3)4/h7-8,10-12,17H,6,9H2,1-4H3,(H,24,25). The Labute approximate surface area is 170 Å². The van der Waals surface area contributed by atoms with Gasteiger partial charge in [0.15, 0.2) is 11.5 Å². The van der Waals surface area contributed by atoms with Gasteiger partial charge in [-0.2, -0.15) is 4.68 Å². The third-order valence-electron chi connectivity index (χ3n) is 4.32. The molecule has 146 valence electrons. The molecule has 0 spiro atoms. The summed E-state index contributed by atoms with van der Waals surface area (Å²) >= 11 is 6.46. The van der Waals surface area contributed by atoms with Gasteiger partial charge in [-0.1, -0.05) is 43.1 Å². The SMILES string of the molecule is [C-]#[N+]C1=C(CCC)Nc2nn(C(=O)OC(C)(C)C)cc2C1c1ccccc1Cl. The number of allylic oxidation sites excluding steroid dienone is 2. The van der Waals surface area contributed by atoms with Gasteiger partial charge < -0.3 is 10.1 Å². The quantitative estimate of drug-likeness (QED) is 0.663. The highest BCUT2D eigenvalue weighted by Gasteiger charge is 2.34. The fourth-order valence-corrected chi connectivity index (χ4v) is 3.47. The molecule has 1 aliphatic heterocycles. The van der Waals surface area contributed by atoms with Crippen LogP contribution in [0.3, 0.4) is 0 Å². The molecule has 0 radical (unpaired) electrons. The number of halogens is 1. The molecule has 0 bridgehead atoms. The van der Waals surface area contributed by atoms with Gasteiger partial charge in [-0.15, -0.1) is 5.10 Å². The third-order valence-corrected chi connectivity index (χ3v) is 4.67. The Morgan fingerprint density at radius 1 is 1.36 bits per heavy atom. The molecule has 1 unspecified atom stereocenters. The van der Waals surface area contributed by atoms with Crippen LogP contribution in [0.5, 0.6) is 0 Å². The van der Waals surface area contributed by atoms with Crippen LogP contribution in [0, 0.1) is 6.57 Å². The zero-order valence-electron chi connectivity index (χ0n) is 16.4. The van der Waals surface area contributed by atoms with E-state index in [1.165, 1.54) is 4.68 Å². The molecule has 1 aromatic heterocycles. The summed E-state index contributed by atoms with van der Waals surface area (Å²) in [5, 5.41) is 8.20. The summed E-state index contributed by atoms with van der Waals surface area (Å²) in [5.41, 5.74) is 2.29. The fraction of sp³-hybridized carbons (Fsp3) is 0.381. The van der Waals surface area contributed by atoms with E-state index in [1.807, 2.05) is 18.2 Å². The average molecular weight is 399 g/mol.